The zero-order valence-electron chi connectivity index (χ0n) is 28.2. The second-order valence-corrected chi connectivity index (χ2v) is 15.0. The number of fused-ring (bicyclic) bond motifs is 2. The van der Waals surface area contributed by atoms with E-state index in [1.807, 2.05) is 13.8 Å². The van der Waals surface area contributed by atoms with Crippen LogP contribution in [-0.2, 0) is 22.7 Å². The summed E-state index contributed by atoms with van der Waals surface area (Å²) < 4.78 is 3.01. The van der Waals surface area contributed by atoms with Crippen LogP contribution in [0.2, 0.25) is 10.0 Å². The number of carbonyl (C=O) groups is 2. The molecular formula is C38H34Cl2N6O4S2. The van der Waals surface area contributed by atoms with E-state index < -0.39 is 10.5 Å². The molecule has 0 aliphatic carbocycles. The highest BCUT2D eigenvalue weighted by molar-refractivity contribution is 8.00. The second-order valence-electron chi connectivity index (χ2n) is 11.8. The van der Waals surface area contributed by atoms with Crippen LogP contribution in [0.3, 0.4) is 0 Å². The molecule has 14 heteroatoms. The van der Waals surface area contributed by atoms with Gasteiger partial charge in [-0.1, -0.05) is 84.8 Å². The number of hydrogen-bond acceptors (Lipinski definition) is 8. The number of benzene rings is 4. The van der Waals surface area contributed by atoms with E-state index in [2.05, 4.69) is 10.6 Å². The van der Waals surface area contributed by atoms with Crippen molar-refractivity contribution in [3.63, 3.8) is 0 Å². The van der Waals surface area contributed by atoms with Gasteiger partial charge < -0.3 is 10.6 Å². The molecule has 0 bridgehead atoms. The van der Waals surface area contributed by atoms with Gasteiger partial charge in [-0.05, 0) is 85.6 Å². The van der Waals surface area contributed by atoms with Gasteiger partial charge in [-0.3, -0.25) is 28.3 Å². The van der Waals surface area contributed by atoms with Crippen LogP contribution in [0.5, 0.6) is 0 Å². The summed E-state index contributed by atoms with van der Waals surface area (Å²) in [5, 5.41) is 7.28. The van der Waals surface area contributed by atoms with Crippen LogP contribution in [0, 0.1) is 0 Å². The van der Waals surface area contributed by atoms with Crippen molar-refractivity contribution < 1.29 is 9.59 Å². The smallest absolute Gasteiger partial charge is 0.262 e. The number of hydrogen-bond donors (Lipinski definition) is 2. The lowest BCUT2D eigenvalue weighted by Crippen LogP contribution is -2.32. The van der Waals surface area contributed by atoms with Crippen molar-refractivity contribution in [3.05, 3.63) is 128 Å². The molecule has 6 aromatic rings. The first kappa shape index (κ1) is 37.1. The maximum absolute atomic E-state index is 14.1. The van der Waals surface area contributed by atoms with E-state index in [9.17, 15) is 19.2 Å². The number of para-hydroxylation sites is 2. The molecule has 2 amide bonds. The Kier molecular flexibility index (Phi) is 12.0. The van der Waals surface area contributed by atoms with Gasteiger partial charge in [0, 0.05) is 34.5 Å². The largest absolute Gasteiger partial charge is 0.325 e. The summed E-state index contributed by atoms with van der Waals surface area (Å²) >= 11 is 14.4. The molecule has 2 aromatic heterocycles. The number of thioether (sulfide) groups is 2. The standard InChI is InChI=1S/C38H34Cl2N6O4S2/c1-3-31(33(47)41-25-17-13-23(39)14-18-25)51-37-43-29-11-7-5-9-27(29)35(49)45(37)21-22-46-36(50)28-10-6-8-12-30(28)44-38(46)52-32(4-2)34(48)42-26-19-15-24(40)16-20-26/h5-20,31-32H,3-4,21-22H2,1-2H3,(H,41,47)(H,42,48)/t31-,32-/m1/s1. The first-order valence-electron chi connectivity index (χ1n) is 16.6. The van der Waals surface area contributed by atoms with Crippen LogP contribution in [0.4, 0.5) is 11.4 Å². The maximum Gasteiger partial charge on any atom is 0.262 e. The third-order valence-electron chi connectivity index (χ3n) is 8.25. The summed E-state index contributed by atoms with van der Waals surface area (Å²) in [7, 11) is 0. The summed E-state index contributed by atoms with van der Waals surface area (Å²) in [4.78, 5) is 64.6. The minimum atomic E-state index is -0.587. The van der Waals surface area contributed by atoms with Gasteiger partial charge in [-0.25, -0.2) is 9.97 Å². The first-order chi connectivity index (χ1) is 25.1. The van der Waals surface area contributed by atoms with Crippen molar-refractivity contribution in [2.45, 2.75) is 60.6 Å². The van der Waals surface area contributed by atoms with Gasteiger partial charge in [0.15, 0.2) is 10.3 Å². The maximum atomic E-state index is 14.1. The van der Waals surface area contributed by atoms with E-state index in [1.165, 1.54) is 32.7 Å². The number of aromatic nitrogens is 4. The molecule has 4 aromatic carbocycles. The molecule has 0 fully saturated rings. The molecule has 0 aliphatic rings. The van der Waals surface area contributed by atoms with E-state index in [1.54, 1.807) is 97.1 Å². The fourth-order valence-electron chi connectivity index (χ4n) is 5.48. The quantitative estimate of drug-likeness (QED) is 0.0890. The van der Waals surface area contributed by atoms with Crippen molar-refractivity contribution in [1.82, 2.24) is 19.1 Å². The normalized spacial score (nSPS) is 12.5. The van der Waals surface area contributed by atoms with Gasteiger partial charge in [-0.15, -0.1) is 0 Å². The summed E-state index contributed by atoms with van der Waals surface area (Å²) in [5.41, 5.74) is 1.59. The average molecular weight is 774 g/mol. The fourth-order valence-corrected chi connectivity index (χ4v) is 7.81. The van der Waals surface area contributed by atoms with Crippen LogP contribution in [0.1, 0.15) is 26.7 Å². The van der Waals surface area contributed by atoms with Gasteiger partial charge in [0.05, 0.1) is 32.3 Å². The van der Waals surface area contributed by atoms with Gasteiger partial charge >= 0.3 is 0 Å². The molecule has 266 valence electrons. The molecule has 0 saturated heterocycles. The topological polar surface area (TPSA) is 128 Å². The molecule has 0 saturated carbocycles. The highest BCUT2D eigenvalue weighted by Gasteiger charge is 2.25. The molecule has 2 atom stereocenters. The summed E-state index contributed by atoms with van der Waals surface area (Å²) in [6, 6.07) is 27.7. The Morgan fingerprint density at radius 1 is 0.615 bits per heavy atom. The lowest BCUT2D eigenvalue weighted by molar-refractivity contribution is -0.116. The van der Waals surface area contributed by atoms with Crippen LogP contribution >= 0.6 is 46.7 Å². The van der Waals surface area contributed by atoms with E-state index in [4.69, 9.17) is 33.2 Å². The van der Waals surface area contributed by atoms with E-state index in [-0.39, 0.29) is 36.0 Å². The van der Waals surface area contributed by atoms with Crippen LogP contribution in [0.25, 0.3) is 21.8 Å². The van der Waals surface area contributed by atoms with Gasteiger partial charge in [0.1, 0.15) is 0 Å². The van der Waals surface area contributed by atoms with Crippen LogP contribution < -0.4 is 21.8 Å². The molecule has 0 spiro atoms. The zero-order valence-corrected chi connectivity index (χ0v) is 31.4. The Labute approximate surface area is 318 Å². The van der Waals surface area contributed by atoms with Crippen LogP contribution in [-0.4, -0.2) is 41.4 Å². The number of rotatable bonds is 13. The van der Waals surface area contributed by atoms with Crippen LogP contribution in [0.15, 0.2) is 117 Å². The second kappa shape index (κ2) is 16.8. The highest BCUT2D eigenvalue weighted by Crippen LogP contribution is 2.29. The third-order valence-corrected chi connectivity index (χ3v) is 11.5. The zero-order chi connectivity index (χ0) is 36.8. The number of anilines is 2. The fraction of sp³-hybridized carbons (Fsp3) is 0.211. The van der Waals surface area contributed by atoms with E-state index in [0.717, 1.165) is 0 Å². The summed E-state index contributed by atoms with van der Waals surface area (Å²) in [6.07, 6.45) is 0.913. The Hall–Kier alpha value is -4.62. The number of halogens is 2. The number of amides is 2. The number of nitrogens with zero attached hydrogens (tertiary/aromatic N) is 4. The Morgan fingerprint density at radius 2 is 0.981 bits per heavy atom. The van der Waals surface area contributed by atoms with Crippen molar-refractivity contribution in [2.24, 2.45) is 0 Å². The molecule has 6 rings (SSSR count). The number of nitrogens with one attached hydrogen (secondary N) is 2. The molecule has 0 aliphatic heterocycles. The van der Waals surface area contributed by atoms with Gasteiger partial charge in [-0.2, -0.15) is 0 Å². The highest BCUT2D eigenvalue weighted by atomic mass is 35.5. The SMILES string of the molecule is CC[C@@H](Sc1nc2ccccc2c(=O)n1CCn1c(S[C@H](CC)C(=O)Nc2ccc(Cl)cc2)nc2ccccc2c1=O)C(=O)Nc1ccc(Cl)cc1. The lowest BCUT2D eigenvalue weighted by atomic mass is 10.2. The van der Waals surface area contributed by atoms with Crippen molar-refractivity contribution in [1.29, 1.82) is 0 Å². The summed E-state index contributed by atoms with van der Waals surface area (Å²) in [6.45, 7) is 3.88. The Balaban J connectivity index is 1.33. The minimum absolute atomic E-state index is 0.0511. The van der Waals surface area contributed by atoms with Gasteiger partial charge in [0.2, 0.25) is 11.8 Å². The molecule has 2 heterocycles. The van der Waals surface area contributed by atoms with Crippen molar-refractivity contribution in [3.8, 4) is 0 Å². The average Bonchev–Trinajstić information content (AvgIpc) is 3.15. The first-order valence-corrected chi connectivity index (χ1v) is 19.1. The molecule has 0 radical (unpaired) electrons. The van der Waals surface area contributed by atoms with E-state index >= 15 is 0 Å². The molecule has 52 heavy (non-hydrogen) atoms. The Bertz CT molecular complexity index is 2200. The molecule has 2 N–H and O–H groups in total. The number of carbonyl (C=O) groups excluding carboxylic acids is 2. The van der Waals surface area contributed by atoms with E-state index in [0.29, 0.717) is 66.4 Å². The predicted molar refractivity (Wildman–Crippen MR) is 212 cm³/mol. The molecular weight excluding hydrogens is 739 g/mol. The predicted octanol–water partition coefficient (Wildman–Crippen LogP) is 8.13. The molecule has 0 unspecified atom stereocenters. The summed E-state index contributed by atoms with van der Waals surface area (Å²) in [5.74, 6) is -0.500. The lowest BCUT2D eigenvalue weighted by Gasteiger charge is -2.20. The Morgan fingerprint density at radius 3 is 1.35 bits per heavy atom. The third kappa shape index (κ3) is 8.53. The minimum Gasteiger partial charge on any atom is -0.325 e. The van der Waals surface area contributed by atoms with Crippen molar-refractivity contribution in [2.75, 3.05) is 10.6 Å². The van der Waals surface area contributed by atoms with Gasteiger partial charge in [0.25, 0.3) is 11.1 Å². The van der Waals surface area contributed by atoms with Crippen molar-refractivity contribution >= 4 is 91.7 Å². The molecule has 10 nitrogen and oxygen atoms in total. The monoisotopic (exact) mass is 772 g/mol.